The number of ether oxygens (including phenoxy) is 1. The number of halogens is 1. The highest BCUT2D eigenvalue weighted by Gasteiger charge is 2.18. The minimum absolute atomic E-state index is 0.00651. The molecule has 2 rings (SSSR count). The van der Waals surface area contributed by atoms with Crippen molar-refractivity contribution in [2.75, 3.05) is 12.8 Å². The molecule has 0 atom stereocenters. The number of nitrogen functional groups attached to an aromatic ring is 1. The topological polar surface area (TPSA) is 81.4 Å². The Morgan fingerprint density at radius 2 is 2.00 bits per heavy atom. The molecule has 0 aliphatic heterocycles. The monoisotopic (exact) mass is 326 g/mol. The fourth-order valence-corrected chi connectivity index (χ4v) is 2.87. The number of nitrogens with one attached hydrogen (secondary N) is 1. The van der Waals surface area contributed by atoms with Crippen LogP contribution in [0.25, 0.3) is 0 Å². The van der Waals surface area contributed by atoms with E-state index in [1.807, 2.05) is 6.07 Å². The molecule has 2 aromatic rings. The van der Waals surface area contributed by atoms with Crippen LogP contribution < -0.4 is 15.2 Å². The normalized spacial score (nSPS) is 11.3. The molecule has 7 heteroatoms. The zero-order valence-electron chi connectivity index (χ0n) is 11.3. The van der Waals surface area contributed by atoms with Gasteiger partial charge in [0.05, 0.1) is 0 Å². The SMILES string of the molecule is CNS(=O)(=O)c1cc(N)ccc1OCc1cccc(Cl)c1. The lowest BCUT2D eigenvalue weighted by atomic mass is 10.2. The maximum absolute atomic E-state index is 12.0. The number of sulfonamides is 1. The minimum atomic E-state index is -3.64. The Kier molecular flexibility index (Phi) is 4.72. The van der Waals surface area contributed by atoms with Crippen LogP contribution in [0, 0.1) is 0 Å². The molecule has 0 aliphatic rings. The molecular formula is C14H15ClN2O3S. The van der Waals surface area contributed by atoms with Crippen LogP contribution in [0.2, 0.25) is 5.02 Å². The molecule has 0 amide bonds. The molecule has 0 bridgehead atoms. The maximum Gasteiger partial charge on any atom is 0.244 e. The van der Waals surface area contributed by atoms with Crippen molar-refractivity contribution in [1.29, 1.82) is 0 Å². The van der Waals surface area contributed by atoms with E-state index in [1.54, 1.807) is 24.3 Å². The first-order chi connectivity index (χ1) is 9.92. The molecule has 0 saturated heterocycles. The van der Waals surface area contributed by atoms with Gasteiger partial charge in [0, 0.05) is 10.7 Å². The number of nitrogens with two attached hydrogens (primary N) is 1. The number of hydrogen-bond acceptors (Lipinski definition) is 4. The van der Waals surface area contributed by atoms with Crippen molar-refractivity contribution < 1.29 is 13.2 Å². The van der Waals surface area contributed by atoms with Crippen LogP contribution >= 0.6 is 11.6 Å². The fraction of sp³-hybridized carbons (Fsp3) is 0.143. The molecule has 5 nitrogen and oxygen atoms in total. The van der Waals surface area contributed by atoms with Crippen molar-refractivity contribution in [3.63, 3.8) is 0 Å². The second kappa shape index (κ2) is 6.34. The molecule has 0 aromatic heterocycles. The fourth-order valence-electron chi connectivity index (χ4n) is 1.75. The third-order valence-electron chi connectivity index (χ3n) is 2.81. The van der Waals surface area contributed by atoms with Crippen molar-refractivity contribution >= 4 is 27.3 Å². The Bertz CT molecular complexity index is 748. The van der Waals surface area contributed by atoms with Crippen LogP contribution in [0.5, 0.6) is 5.75 Å². The van der Waals surface area contributed by atoms with E-state index in [0.717, 1.165) is 5.56 Å². The lowest BCUT2D eigenvalue weighted by Gasteiger charge is -2.12. The van der Waals surface area contributed by atoms with Gasteiger partial charge in [-0.2, -0.15) is 0 Å². The van der Waals surface area contributed by atoms with Gasteiger partial charge in [-0.3, -0.25) is 0 Å². The van der Waals surface area contributed by atoms with Crippen molar-refractivity contribution in [2.45, 2.75) is 11.5 Å². The summed E-state index contributed by atoms with van der Waals surface area (Å²) >= 11 is 5.90. The maximum atomic E-state index is 12.0. The van der Waals surface area contributed by atoms with Crippen LogP contribution in [0.15, 0.2) is 47.4 Å². The summed E-state index contributed by atoms with van der Waals surface area (Å²) in [5, 5.41) is 0.594. The average molecular weight is 327 g/mol. The highest BCUT2D eigenvalue weighted by Crippen LogP contribution is 2.27. The third-order valence-corrected chi connectivity index (χ3v) is 4.48. The summed E-state index contributed by atoms with van der Waals surface area (Å²) in [4.78, 5) is 0.00651. The molecule has 2 aromatic carbocycles. The predicted molar refractivity (Wildman–Crippen MR) is 82.9 cm³/mol. The molecule has 0 aliphatic carbocycles. The van der Waals surface area contributed by atoms with E-state index in [0.29, 0.717) is 10.7 Å². The second-order valence-electron chi connectivity index (χ2n) is 4.33. The van der Waals surface area contributed by atoms with E-state index in [9.17, 15) is 8.42 Å². The molecule has 0 unspecified atom stereocenters. The van der Waals surface area contributed by atoms with Gasteiger partial charge in [0.15, 0.2) is 0 Å². The van der Waals surface area contributed by atoms with E-state index >= 15 is 0 Å². The molecule has 3 N–H and O–H groups in total. The Hall–Kier alpha value is -1.76. The third kappa shape index (κ3) is 3.87. The van der Waals surface area contributed by atoms with Crippen LogP contribution in [0.1, 0.15) is 5.56 Å². The minimum Gasteiger partial charge on any atom is -0.487 e. The number of rotatable bonds is 5. The van der Waals surface area contributed by atoms with Crippen LogP contribution in [-0.2, 0) is 16.6 Å². The highest BCUT2D eigenvalue weighted by molar-refractivity contribution is 7.89. The van der Waals surface area contributed by atoms with Crippen LogP contribution in [0.3, 0.4) is 0 Å². The molecule has 0 heterocycles. The lowest BCUT2D eigenvalue weighted by molar-refractivity contribution is 0.298. The van der Waals surface area contributed by atoms with Gasteiger partial charge >= 0.3 is 0 Å². The van der Waals surface area contributed by atoms with Crippen LogP contribution in [0.4, 0.5) is 5.69 Å². The first kappa shape index (κ1) is 15.6. The lowest BCUT2D eigenvalue weighted by Crippen LogP contribution is -2.19. The molecule has 0 saturated carbocycles. The summed E-state index contributed by atoms with van der Waals surface area (Å²) in [6.45, 7) is 0.205. The van der Waals surface area contributed by atoms with E-state index in [4.69, 9.17) is 22.1 Å². The predicted octanol–water partition coefficient (Wildman–Crippen LogP) is 2.41. The standard InChI is InChI=1S/C14H15ClN2O3S/c1-17-21(18,19)14-8-12(16)5-6-13(14)20-9-10-3-2-4-11(15)7-10/h2-8,17H,9,16H2,1H3. The smallest absolute Gasteiger partial charge is 0.244 e. The van der Waals surface area contributed by atoms with E-state index in [2.05, 4.69) is 4.72 Å². The zero-order valence-corrected chi connectivity index (χ0v) is 12.9. The number of benzene rings is 2. The molecule has 112 valence electrons. The van der Waals surface area contributed by atoms with Gasteiger partial charge in [0.2, 0.25) is 10.0 Å². The quantitative estimate of drug-likeness (QED) is 0.827. The van der Waals surface area contributed by atoms with Crippen molar-refractivity contribution in [3.8, 4) is 5.75 Å². The first-order valence-electron chi connectivity index (χ1n) is 6.12. The van der Waals surface area contributed by atoms with E-state index in [-0.39, 0.29) is 17.3 Å². The molecule has 0 fully saturated rings. The summed E-state index contributed by atoms with van der Waals surface area (Å²) in [7, 11) is -2.31. The van der Waals surface area contributed by atoms with Gasteiger partial charge in [0.25, 0.3) is 0 Å². The highest BCUT2D eigenvalue weighted by atomic mass is 35.5. The van der Waals surface area contributed by atoms with Gasteiger partial charge in [-0.25, -0.2) is 13.1 Å². The van der Waals surface area contributed by atoms with Crippen molar-refractivity contribution in [1.82, 2.24) is 4.72 Å². The second-order valence-corrected chi connectivity index (χ2v) is 6.62. The summed E-state index contributed by atoms with van der Waals surface area (Å²) in [6.07, 6.45) is 0. The van der Waals surface area contributed by atoms with E-state index in [1.165, 1.54) is 19.2 Å². The van der Waals surface area contributed by atoms with Crippen molar-refractivity contribution in [2.24, 2.45) is 0 Å². The molecule has 21 heavy (non-hydrogen) atoms. The average Bonchev–Trinajstić information content (AvgIpc) is 2.46. The Morgan fingerprint density at radius 3 is 2.67 bits per heavy atom. The summed E-state index contributed by atoms with van der Waals surface area (Å²) in [5.74, 6) is 0.235. The molecular weight excluding hydrogens is 312 g/mol. The Balaban J connectivity index is 2.28. The zero-order chi connectivity index (χ0) is 15.5. The number of hydrogen-bond donors (Lipinski definition) is 2. The largest absolute Gasteiger partial charge is 0.487 e. The summed E-state index contributed by atoms with van der Waals surface area (Å²) < 4.78 is 31.8. The molecule has 0 radical (unpaired) electrons. The van der Waals surface area contributed by atoms with Gasteiger partial charge in [-0.1, -0.05) is 23.7 Å². The van der Waals surface area contributed by atoms with E-state index < -0.39 is 10.0 Å². The Labute approximate surface area is 128 Å². The van der Waals surface area contributed by atoms with Gasteiger partial charge in [0.1, 0.15) is 17.3 Å². The molecule has 0 spiro atoms. The summed E-state index contributed by atoms with van der Waals surface area (Å²) in [6, 6.07) is 11.6. The van der Waals surface area contributed by atoms with Gasteiger partial charge in [-0.05, 0) is 42.9 Å². The van der Waals surface area contributed by atoms with Crippen molar-refractivity contribution in [3.05, 3.63) is 53.1 Å². The summed E-state index contributed by atoms with van der Waals surface area (Å²) in [5.41, 5.74) is 6.83. The number of anilines is 1. The van der Waals surface area contributed by atoms with Gasteiger partial charge < -0.3 is 10.5 Å². The van der Waals surface area contributed by atoms with Gasteiger partial charge in [-0.15, -0.1) is 0 Å². The first-order valence-corrected chi connectivity index (χ1v) is 7.99. The van der Waals surface area contributed by atoms with Crippen LogP contribution in [-0.4, -0.2) is 15.5 Å². The Morgan fingerprint density at radius 1 is 1.24 bits per heavy atom.